The maximum atomic E-state index is 4.51. The smallest absolute Gasteiger partial charge is 0.134 e. The summed E-state index contributed by atoms with van der Waals surface area (Å²) in [6.07, 6.45) is 2.51. The van der Waals surface area contributed by atoms with Crippen LogP contribution in [0.5, 0.6) is 0 Å². The summed E-state index contributed by atoms with van der Waals surface area (Å²) in [5.41, 5.74) is 0. The Kier molecular flexibility index (Phi) is 2.89. The van der Waals surface area contributed by atoms with Crippen molar-refractivity contribution in [2.24, 2.45) is 0 Å². The van der Waals surface area contributed by atoms with E-state index in [0.29, 0.717) is 5.92 Å². The third kappa shape index (κ3) is 2.44. The van der Waals surface area contributed by atoms with E-state index in [1.807, 2.05) is 6.07 Å². The molecule has 1 aliphatic carbocycles. The summed E-state index contributed by atoms with van der Waals surface area (Å²) in [5, 5.41) is 1.09. The van der Waals surface area contributed by atoms with Crippen LogP contribution < -0.4 is 0 Å². The highest BCUT2D eigenvalue weighted by Gasteiger charge is 2.27. The van der Waals surface area contributed by atoms with Gasteiger partial charge in [0.2, 0.25) is 0 Å². The monoisotopic (exact) mass is 258 g/mol. The summed E-state index contributed by atoms with van der Waals surface area (Å²) >= 11 is 5.18. The zero-order chi connectivity index (χ0) is 9.26. The van der Waals surface area contributed by atoms with Gasteiger partial charge in [0.15, 0.2) is 0 Å². The Morgan fingerprint density at radius 1 is 1.54 bits per heavy atom. The summed E-state index contributed by atoms with van der Waals surface area (Å²) in [5.74, 6) is 2.71. The third-order valence-corrected chi connectivity index (χ3v) is 3.12. The van der Waals surface area contributed by atoms with Crippen molar-refractivity contribution < 1.29 is 0 Å². The molecule has 2 rings (SSSR count). The quantitative estimate of drug-likeness (QED) is 0.615. The van der Waals surface area contributed by atoms with Crippen LogP contribution in [-0.4, -0.2) is 15.7 Å². The molecule has 2 nitrogen and oxygen atoms in total. The van der Waals surface area contributed by atoms with E-state index < -0.39 is 0 Å². The van der Waals surface area contributed by atoms with Gasteiger partial charge in [0.05, 0.1) is 0 Å². The SMILES string of the molecule is CCSc1cc(Br)nc(C2CC2)n1. The minimum absolute atomic E-state index is 0.633. The molecule has 1 aromatic rings. The van der Waals surface area contributed by atoms with E-state index in [2.05, 4.69) is 32.8 Å². The van der Waals surface area contributed by atoms with Crippen molar-refractivity contribution in [3.63, 3.8) is 0 Å². The molecule has 0 unspecified atom stereocenters. The number of nitrogens with zero attached hydrogens (tertiary/aromatic N) is 2. The Hall–Kier alpha value is -0.0900. The highest BCUT2D eigenvalue weighted by atomic mass is 79.9. The molecule has 13 heavy (non-hydrogen) atoms. The molecule has 0 radical (unpaired) electrons. The van der Waals surface area contributed by atoms with Crippen LogP contribution >= 0.6 is 27.7 Å². The highest BCUT2D eigenvalue weighted by Crippen LogP contribution is 2.39. The molecule has 0 spiro atoms. The average molecular weight is 259 g/mol. The van der Waals surface area contributed by atoms with E-state index >= 15 is 0 Å². The Morgan fingerprint density at radius 2 is 2.31 bits per heavy atom. The molecule has 1 aromatic heterocycles. The van der Waals surface area contributed by atoms with Crippen LogP contribution in [0.4, 0.5) is 0 Å². The second-order valence-corrected chi connectivity index (χ2v) is 5.19. The van der Waals surface area contributed by atoms with Gasteiger partial charge in [-0.25, -0.2) is 9.97 Å². The second kappa shape index (κ2) is 3.96. The summed E-state index contributed by atoms with van der Waals surface area (Å²) in [6.45, 7) is 2.14. The summed E-state index contributed by atoms with van der Waals surface area (Å²) < 4.78 is 0.917. The summed E-state index contributed by atoms with van der Waals surface area (Å²) in [7, 11) is 0. The normalized spacial score (nSPS) is 16.2. The molecule has 1 heterocycles. The lowest BCUT2D eigenvalue weighted by atomic mass is 10.4. The Morgan fingerprint density at radius 3 is 2.92 bits per heavy atom. The highest BCUT2D eigenvalue weighted by molar-refractivity contribution is 9.10. The fourth-order valence-corrected chi connectivity index (χ4v) is 2.36. The van der Waals surface area contributed by atoms with Crippen molar-refractivity contribution in [2.75, 3.05) is 5.75 Å². The van der Waals surface area contributed by atoms with Gasteiger partial charge in [0, 0.05) is 12.0 Å². The average Bonchev–Trinajstić information content (AvgIpc) is 2.85. The van der Waals surface area contributed by atoms with Gasteiger partial charge in [0.1, 0.15) is 15.5 Å². The third-order valence-electron chi connectivity index (χ3n) is 1.92. The fraction of sp³-hybridized carbons (Fsp3) is 0.556. The summed E-state index contributed by atoms with van der Waals surface area (Å²) in [6, 6.07) is 1.99. The van der Waals surface area contributed by atoms with E-state index in [-0.39, 0.29) is 0 Å². The molecule has 0 amide bonds. The van der Waals surface area contributed by atoms with Gasteiger partial charge in [-0.2, -0.15) is 0 Å². The van der Waals surface area contributed by atoms with E-state index in [4.69, 9.17) is 0 Å². The Balaban J connectivity index is 2.25. The minimum atomic E-state index is 0.633. The first kappa shape index (κ1) is 9.46. The molecule has 1 saturated carbocycles. The largest absolute Gasteiger partial charge is 0.226 e. The molecular weight excluding hydrogens is 248 g/mol. The lowest BCUT2D eigenvalue weighted by Crippen LogP contribution is -1.94. The standard InChI is InChI=1S/C9H11BrN2S/c1-2-13-8-5-7(10)11-9(12-8)6-3-4-6/h5-6H,2-4H2,1H3. The van der Waals surface area contributed by atoms with Crippen LogP contribution in [0, 0.1) is 0 Å². The molecule has 0 atom stereocenters. The van der Waals surface area contributed by atoms with Gasteiger partial charge in [-0.1, -0.05) is 6.92 Å². The Labute approximate surface area is 90.7 Å². The van der Waals surface area contributed by atoms with Gasteiger partial charge in [-0.05, 0) is 34.5 Å². The molecule has 0 N–H and O–H groups in total. The molecular formula is C9H11BrN2S. The van der Waals surface area contributed by atoms with E-state index in [0.717, 1.165) is 21.2 Å². The minimum Gasteiger partial charge on any atom is -0.226 e. The number of hydrogen-bond donors (Lipinski definition) is 0. The van der Waals surface area contributed by atoms with Gasteiger partial charge < -0.3 is 0 Å². The van der Waals surface area contributed by atoms with Crippen LogP contribution in [0.3, 0.4) is 0 Å². The topological polar surface area (TPSA) is 25.8 Å². The van der Waals surface area contributed by atoms with Crippen LogP contribution in [-0.2, 0) is 0 Å². The van der Waals surface area contributed by atoms with Crippen LogP contribution in [0.25, 0.3) is 0 Å². The van der Waals surface area contributed by atoms with Crippen molar-refractivity contribution in [3.05, 3.63) is 16.5 Å². The number of halogens is 1. The molecule has 0 aliphatic heterocycles. The molecule has 0 bridgehead atoms. The number of rotatable bonds is 3. The van der Waals surface area contributed by atoms with Gasteiger partial charge >= 0.3 is 0 Å². The predicted molar refractivity (Wildman–Crippen MR) is 58.1 cm³/mol. The van der Waals surface area contributed by atoms with Crippen molar-refractivity contribution >= 4 is 27.7 Å². The predicted octanol–water partition coefficient (Wildman–Crippen LogP) is 3.23. The fourth-order valence-electron chi connectivity index (χ4n) is 1.16. The van der Waals surface area contributed by atoms with E-state index in [1.165, 1.54) is 12.8 Å². The zero-order valence-corrected chi connectivity index (χ0v) is 9.86. The summed E-state index contributed by atoms with van der Waals surface area (Å²) in [4.78, 5) is 8.88. The van der Waals surface area contributed by atoms with Crippen molar-refractivity contribution in [2.45, 2.75) is 30.7 Å². The molecule has 4 heteroatoms. The number of hydrogen-bond acceptors (Lipinski definition) is 3. The van der Waals surface area contributed by atoms with Crippen LogP contribution in [0.15, 0.2) is 15.7 Å². The van der Waals surface area contributed by atoms with E-state index in [1.54, 1.807) is 11.8 Å². The first-order valence-corrected chi connectivity index (χ1v) is 6.24. The maximum absolute atomic E-state index is 4.51. The van der Waals surface area contributed by atoms with Crippen LogP contribution in [0.1, 0.15) is 31.5 Å². The first-order chi connectivity index (χ1) is 6.29. The van der Waals surface area contributed by atoms with Crippen molar-refractivity contribution in [1.29, 1.82) is 0 Å². The molecule has 1 fully saturated rings. The second-order valence-electron chi connectivity index (χ2n) is 3.09. The van der Waals surface area contributed by atoms with Gasteiger partial charge in [0.25, 0.3) is 0 Å². The molecule has 70 valence electrons. The van der Waals surface area contributed by atoms with Gasteiger partial charge in [-0.3, -0.25) is 0 Å². The molecule has 1 aliphatic rings. The zero-order valence-electron chi connectivity index (χ0n) is 7.46. The maximum Gasteiger partial charge on any atom is 0.134 e. The molecule has 0 saturated heterocycles. The van der Waals surface area contributed by atoms with Gasteiger partial charge in [-0.15, -0.1) is 11.8 Å². The lowest BCUT2D eigenvalue weighted by molar-refractivity contribution is 0.867. The first-order valence-electron chi connectivity index (χ1n) is 4.47. The van der Waals surface area contributed by atoms with Crippen molar-refractivity contribution in [1.82, 2.24) is 9.97 Å². The van der Waals surface area contributed by atoms with E-state index in [9.17, 15) is 0 Å². The molecule has 0 aromatic carbocycles. The number of aromatic nitrogens is 2. The Bertz CT molecular complexity index is 312. The van der Waals surface area contributed by atoms with Crippen LogP contribution in [0.2, 0.25) is 0 Å². The lowest BCUT2D eigenvalue weighted by Gasteiger charge is -2.01. The van der Waals surface area contributed by atoms with Crippen molar-refractivity contribution in [3.8, 4) is 0 Å². The number of thioether (sulfide) groups is 1.